The summed E-state index contributed by atoms with van der Waals surface area (Å²) in [5, 5.41) is 0.950. The average molecular weight is 366 g/mol. The number of halogens is 2. The second kappa shape index (κ2) is 7.67. The fourth-order valence-corrected chi connectivity index (χ4v) is 2.26. The van der Waals surface area contributed by atoms with E-state index in [4.69, 9.17) is 21.1 Å². The summed E-state index contributed by atoms with van der Waals surface area (Å²) in [5.74, 6) is 0.692. The van der Waals surface area contributed by atoms with E-state index in [2.05, 4.69) is 42.9 Å². The van der Waals surface area contributed by atoms with Gasteiger partial charge in [-0.1, -0.05) is 54.5 Å². The van der Waals surface area contributed by atoms with Crippen molar-refractivity contribution >= 4 is 36.3 Å². The molecule has 0 aromatic heterocycles. The molecule has 0 atom stereocenters. The van der Waals surface area contributed by atoms with E-state index in [1.165, 1.54) is 0 Å². The highest BCUT2D eigenvalue weighted by atomic mass is 79.9. The molecule has 0 aliphatic carbocycles. The highest BCUT2D eigenvalue weighted by Gasteiger charge is 2.23. The maximum Gasteiger partial charge on any atom is 0.139 e. The Morgan fingerprint density at radius 1 is 1.26 bits per heavy atom. The summed E-state index contributed by atoms with van der Waals surface area (Å²) in [4.78, 5) is 0. The van der Waals surface area contributed by atoms with Crippen molar-refractivity contribution in [3.05, 3.63) is 27.7 Å². The van der Waals surface area contributed by atoms with E-state index in [0.29, 0.717) is 29.0 Å². The number of benzene rings is 1. The largest absolute Gasteiger partial charge is 0.490 e. The van der Waals surface area contributed by atoms with Crippen LogP contribution in [0.4, 0.5) is 0 Å². The second-order valence-corrected chi connectivity index (χ2v) is 10.8. The molecule has 108 valence electrons. The van der Waals surface area contributed by atoms with E-state index in [-0.39, 0.29) is 0 Å². The first-order chi connectivity index (χ1) is 8.83. The number of hydrogen-bond acceptors (Lipinski definition) is 2. The zero-order valence-corrected chi connectivity index (χ0v) is 15.5. The van der Waals surface area contributed by atoms with Crippen LogP contribution in [0.25, 0.3) is 0 Å². The molecule has 0 unspecified atom stereocenters. The molecule has 0 aliphatic rings. The van der Waals surface area contributed by atoms with Crippen molar-refractivity contribution in [2.45, 2.75) is 32.0 Å². The van der Waals surface area contributed by atoms with Crippen molar-refractivity contribution in [2.24, 2.45) is 0 Å². The predicted molar refractivity (Wildman–Crippen MR) is 88.4 cm³/mol. The van der Waals surface area contributed by atoms with E-state index < -0.39 is 8.80 Å². The summed E-state index contributed by atoms with van der Waals surface area (Å²) < 4.78 is 12.3. The Labute approximate surface area is 131 Å². The minimum absolute atomic E-state index is 0.327. The lowest BCUT2D eigenvalue weighted by Gasteiger charge is -2.27. The zero-order chi connectivity index (χ0) is 14.5. The van der Waals surface area contributed by atoms with Crippen molar-refractivity contribution in [2.75, 3.05) is 19.8 Å². The molecule has 0 N–H and O–H groups in total. The van der Waals surface area contributed by atoms with E-state index in [1.807, 2.05) is 18.2 Å². The standard InChI is InChI=1S/C14H22BrClO2Si/c1-14(2,19(3)4)10-17-7-8-18-13-9-11(15)5-6-12(13)16/h5-6,9,19H,7-8,10H2,1-4H3. The average Bonchev–Trinajstić information content (AvgIpc) is 2.32. The van der Waals surface area contributed by atoms with Gasteiger partial charge in [-0.3, -0.25) is 0 Å². The van der Waals surface area contributed by atoms with Gasteiger partial charge in [-0.2, -0.15) is 0 Å². The Hall–Kier alpha value is -0.0331. The molecule has 0 aliphatic heterocycles. The van der Waals surface area contributed by atoms with Gasteiger partial charge < -0.3 is 9.47 Å². The minimum atomic E-state index is -0.699. The van der Waals surface area contributed by atoms with Crippen molar-refractivity contribution in [3.8, 4) is 5.75 Å². The molecule has 0 fully saturated rings. The van der Waals surface area contributed by atoms with Crippen LogP contribution in [0.3, 0.4) is 0 Å². The number of hydrogen-bond donors (Lipinski definition) is 0. The van der Waals surface area contributed by atoms with Crippen molar-refractivity contribution in [1.82, 2.24) is 0 Å². The van der Waals surface area contributed by atoms with Crippen LogP contribution in [0.15, 0.2) is 22.7 Å². The quantitative estimate of drug-likeness (QED) is 0.512. The summed E-state index contributed by atoms with van der Waals surface area (Å²) in [6.45, 7) is 11.2. The molecule has 19 heavy (non-hydrogen) atoms. The number of rotatable bonds is 7. The van der Waals surface area contributed by atoms with E-state index in [0.717, 1.165) is 11.1 Å². The summed E-state index contributed by atoms with van der Waals surface area (Å²) >= 11 is 9.44. The van der Waals surface area contributed by atoms with Gasteiger partial charge in [-0.15, -0.1) is 0 Å². The van der Waals surface area contributed by atoms with Crippen LogP contribution in [-0.4, -0.2) is 28.6 Å². The Balaban J connectivity index is 2.30. The molecule has 0 radical (unpaired) electrons. The highest BCUT2D eigenvalue weighted by molar-refractivity contribution is 9.10. The van der Waals surface area contributed by atoms with E-state index in [1.54, 1.807) is 0 Å². The molecular weight excluding hydrogens is 344 g/mol. The summed E-state index contributed by atoms with van der Waals surface area (Å²) in [6, 6.07) is 5.57. The Morgan fingerprint density at radius 2 is 1.95 bits per heavy atom. The van der Waals surface area contributed by atoms with Crippen molar-refractivity contribution in [3.63, 3.8) is 0 Å². The molecule has 1 aromatic carbocycles. The van der Waals surface area contributed by atoms with Crippen LogP contribution in [0.1, 0.15) is 13.8 Å². The van der Waals surface area contributed by atoms with Crippen LogP contribution in [0.2, 0.25) is 23.2 Å². The van der Waals surface area contributed by atoms with Gasteiger partial charge >= 0.3 is 0 Å². The van der Waals surface area contributed by atoms with Gasteiger partial charge in [0.25, 0.3) is 0 Å². The molecule has 0 bridgehead atoms. The Bertz CT molecular complexity index is 410. The SMILES string of the molecule is C[SiH](C)C(C)(C)COCCOc1cc(Br)ccc1Cl. The van der Waals surface area contributed by atoms with Gasteiger partial charge in [0.05, 0.1) is 11.6 Å². The van der Waals surface area contributed by atoms with Crippen molar-refractivity contribution in [1.29, 1.82) is 0 Å². The Kier molecular flexibility index (Phi) is 6.87. The molecule has 1 rings (SSSR count). The topological polar surface area (TPSA) is 18.5 Å². The molecule has 1 aromatic rings. The third kappa shape index (κ3) is 5.86. The smallest absolute Gasteiger partial charge is 0.139 e. The zero-order valence-electron chi connectivity index (χ0n) is 12.0. The summed E-state index contributed by atoms with van der Waals surface area (Å²) in [5.41, 5.74) is 0. The molecule has 0 heterocycles. The maximum atomic E-state index is 6.04. The third-order valence-electron chi connectivity index (χ3n) is 3.42. The van der Waals surface area contributed by atoms with Gasteiger partial charge in [0.1, 0.15) is 12.4 Å². The molecule has 0 amide bonds. The van der Waals surface area contributed by atoms with Crippen LogP contribution in [-0.2, 0) is 4.74 Å². The lowest BCUT2D eigenvalue weighted by Crippen LogP contribution is -2.27. The van der Waals surface area contributed by atoms with Crippen molar-refractivity contribution < 1.29 is 9.47 Å². The minimum Gasteiger partial charge on any atom is -0.490 e. The highest BCUT2D eigenvalue weighted by Crippen LogP contribution is 2.29. The summed E-state index contributed by atoms with van der Waals surface area (Å²) in [7, 11) is -0.699. The summed E-state index contributed by atoms with van der Waals surface area (Å²) in [6.07, 6.45) is 0. The fourth-order valence-electron chi connectivity index (χ4n) is 1.30. The van der Waals surface area contributed by atoms with Crippen LogP contribution in [0.5, 0.6) is 5.75 Å². The Morgan fingerprint density at radius 3 is 2.58 bits per heavy atom. The molecule has 0 spiro atoms. The van der Waals surface area contributed by atoms with Crippen LogP contribution >= 0.6 is 27.5 Å². The van der Waals surface area contributed by atoms with Crippen LogP contribution < -0.4 is 4.74 Å². The number of ether oxygens (including phenoxy) is 2. The van der Waals surface area contributed by atoms with Gasteiger partial charge in [0.2, 0.25) is 0 Å². The lowest BCUT2D eigenvalue weighted by molar-refractivity contribution is 0.0848. The maximum absolute atomic E-state index is 6.04. The van der Waals surface area contributed by atoms with Crippen LogP contribution in [0, 0.1) is 0 Å². The van der Waals surface area contributed by atoms with Gasteiger partial charge in [-0.05, 0) is 23.2 Å². The fraction of sp³-hybridized carbons (Fsp3) is 0.571. The molecule has 5 heteroatoms. The molecule has 0 saturated carbocycles. The van der Waals surface area contributed by atoms with Gasteiger partial charge in [0, 0.05) is 19.9 Å². The second-order valence-electron chi connectivity index (χ2n) is 5.62. The first-order valence-electron chi connectivity index (χ1n) is 6.48. The van der Waals surface area contributed by atoms with E-state index >= 15 is 0 Å². The predicted octanol–water partition coefficient (Wildman–Crippen LogP) is 4.76. The molecular formula is C14H22BrClO2Si. The van der Waals surface area contributed by atoms with Gasteiger partial charge in [-0.25, -0.2) is 0 Å². The first kappa shape index (κ1) is 17.0. The monoisotopic (exact) mass is 364 g/mol. The lowest BCUT2D eigenvalue weighted by atomic mass is 10.2. The van der Waals surface area contributed by atoms with E-state index in [9.17, 15) is 0 Å². The normalized spacial score (nSPS) is 11.9. The third-order valence-corrected chi connectivity index (χ3v) is 7.51. The van der Waals surface area contributed by atoms with Gasteiger partial charge in [0.15, 0.2) is 0 Å². The molecule has 2 nitrogen and oxygen atoms in total. The molecule has 0 saturated heterocycles. The first-order valence-corrected chi connectivity index (χ1v) is 10.5.